The topological polar surface area (TPSA) is 12.0 Å². The summed E-state index contributed by atoms with van der Waals surface area (Å²) in [6, 6.07) is -5.57. The van der Waals surface area contributed by atoms with Gasteiger partial charge < -0.3 is 0 Å². The van der Waals surface area contributed by atoms with Gasteiger partial charge in [0, 0.05) is 0 Å². The zero-order valence-corrected chi connectivity index (χ0v) is 6.48. The first kappa shape index (κ1) is 14.1. The van der Waals surface area contributed by atoms with Crippen LogP contribution >= 0.6 is 0 Å². The molecule has 0 saturated heterocycles. The Morgan fingerprint density at radius 2 is 1.33 bits per heavy atom. The van der Waals surface area contributed by atoms with Crippen molar-refractivity contribution in [3.63, 3.8) is 0 Å². The van der Waals surface area contributed by atoms with E-state index in [2.05, 4.69) is 0 Å². The second-order valence-electron chi connectivity index (χ2n) is 2.16. The van der Waals surface area contributed by atoms with Crippen molar-refractivity contribution in [2.45, 2.75) is 18.8 Å². The fraction of sp³-hybridized carbons (Fsp3) is 0.600. The quantitative estimate of drug-likeness (QED) is 0.596. The summed E-state index contributed by atoms with van der Waals surface area (Å²) in [5, 5.41) is -0.609. The molecule has 1 N–H and O–H groups in total. The van der Waals surface area contributed by atoms with E-state index in [-0.39, 0.29) is 0 Å². The Hall–Kier alpha value is -0.930. The molecule has 90 valence electrons. The SMILES string of the molecule is F/C(=C(/F)C(F)(F)NC(F)(F)F)C(F)F. The molecule has 0 aromatic heterocycles. The second-order valence-corrected chi connectivity index (χ2v) is 2.16. The highest BCUT2D eigenvalue weighted by Crippen LogP contribution is 2.31. The molecule has 0 aliphatic heterocycles. The summed E-state index contributed by atoms with van der Waals surface area (Å²) in [5.41, 5.74) is 0. The van der Waals surface area contributed by atoms with Gasteiger partial charge in [0.05, 0.1) is 0 Å². The number of allylic oxidation sites excluding steroid dienone is 1. The zero-order chi connectivity index (χ0) is 12.4. The molecule has 0 radical (unpaired) electrons. The minimum absolute atomic E-state index is 0.609. The van der Waals surface area contributed by atoms with Gasteiger partial charge >= 0.3 is 12.3 Å². The van der Waals surface area contributed by atoms with Crippen molar-refractivity contribution in [3.8, 4) is 0 Å². The highest BCUT2D eigenvalue weighted by molar-refractivity contribution is 5.10. The van der Waals surface area contributed by atoms with E-state index in [1.807, 2.05) is 0 Å². The Morgan fingerprint density at radius 3 is 1.60 bits per heavy atom. The maximum atomic E-state index is 12.1. The van der Waals surface area contributed by atoms with E-state index >= 15 is 0 Å². The molecule has 0 amide bonds. The molecular weight excluding hydrogens is 245 g/mol. The second kappa shape index (κ2) is 4.29. The monoisotopic (exact) mass is 247 g/mol. The Morgan fingerprint density at radius 1 is 0.933 bits per heavy atom. The largest absolute Gasteiger partial charge is 0.462 e. The standard InChI is InChI=1S/C5H2F9N/c6-1(3(8)9)2(7)4(10,11)15-5(12,13)14/h3,15H/b2-1+. The Balaban J connectivity index is 4.96. The Labute approximate surface area is 76.5 Å². The van der Waals surface area contributed by atoms with E-state index < -0.39 is 35.7 Å². The molecule has 0 aromatic rings. The molecule has 0 aliphatic carbocycles. The smallest absolute Gasteiger partial charge is 0.202 e. The average Bonchev–Trinajstić information content (AvgIpc) is 1.96. The van der Waals surface area contributed by atoms with Crippen LogP contribution < -0.4 is 5.32 Å². The van der Waals surface area contributed by atoms with Crippen molar-refractivity contribution in [2.24, 2.45) is 0 Å². The van der Waals surface area contributed by atoms with Gasteiger partial charge in [-0.15, -0.1) is 0 Å². The number of halogens is 9. The van der Waals surface area contributed by atoms with Crippen LogP contribution in [0.15, 0.2) is 11.7 Å². The van der Waals surface area contributed by atoms with Gasteiger partial charge in [0.25, 0.3) is 6.43 Å². The summed E-state index contributed by atoms with van der Waals surface area (Å²) < 4.78 is 105. The summed E-state index contributed by atoms with van der Waals surface area (Å²) in [7, 11) is 0. The lowest BCUT2D eigenvalue weighted by Gasteiger charge is -2.18. The van der Waals surface area contributed by atoms with Crippen LogP contribution in [0.2, 0.25) is 0 Å². The third kappa shape index (κ3) is 4.40. The Bertz CT molecular complexity index is 252. The molecule has 0 spiro atoms. The molecule has 0 aromatic carbocycles. The van der Waals surface area contributed by atoms with Crippen molar-refractivity contribution < 1.29 is 39.5 Å². The van der Waals surface area contributed by atoms with Crippen LogP contribution in [0.25, 0.3) is 0 Å². The predicted molar refractivity (Wildman–Crippen MR) is 29.4 cm³/mol. The number of rotatable bonds is 3. The maximum Gasteiger partial charge on any atom is 0.462 e. The molecule has 0 aliphatic rings. The molecule has 0 saturated carbocycles. The first-order valence-electron chi connectivity index (χ1n) is 3.05. The molecule has 15 heavy (non-hydrogen) atoms. The molecule has 10 heteroatoms. The number of hydrogen-bond donors (Lipinski definition) is 1. The van der Waals surface area contributed by atoms with E-state index in [9.17, 15) is 39.5 Å². The fourth-order valence-electron chi connectivity index (χ4n) is 0.479. The molecule has 0 unspecified atom stereocenters. The summed E-state index contributed by atoms with van der Waals surface area (Å²) in [5.74, 6) is -6.76. The van der Waals surface area contributed by atoms with Crippen LogP contribution in [-0.4, -0.2) is 18.8 Å². The van der Waals surface area contributed by atoms with Gasteiger partial charge in [-0.25, -0.2) is 17.6 Å². The van der Waals surface area contributed by atoms with Crippen LogP contribution in [-0.2, 0) is 0 Å². The molecule has 0 rings (SSSR count). The van der Waals surface area contributed by atoms with Gasteiger partial charge in [-0.05, 0) is 0 Å². The van der Waals surface area contributed by atoms with Gasteiger partial charge in [-0.2, -0.15) is 27.3 Å². The number of hydrogen-bond acceptors (Lipinski definition) is 1. The van der Waals surface area contributed by atoms with Crippen LogP contribution in [0.3, 0.4) is 0 Å². The lowest BCUT2D eigenvalue weighted by molar-refractivity contribution is -0.215. The fourth-order valence-corrected chi connectivity index (χ4v) is 0.479. The first-order chi connectivity index (χ1) is 6.47. The molecule has 0 atom stereocenters. The third-order valence-corrected chi connectivity index (χ3v) is 0.976. The number of alkyl halides is 7. The minimum Gasteiger partial charge on any atom is -0.202 e. The molecule has 0 heterocycles. The lowest BCUT2D eigenvalue weighted by atomic mass is 10.4. The van der Waals surface area contributed by atoms with E-state index in [0.717, 1.165) is 0 Å². The maximum absolute atomic E-state index is 12.1. The predicted octanol–water partition coefficient (Wildman–Crippen LogP) is 3.10. The minimum atomic E-state index is -5.75. The van der Waals surface area contributed by atoms with Gasteiger partial charge in [-0.1, -0.05) is 0 Å². The summed E-state index contributed by atoms with van der Waals surface area (Å²) in [6.45, 7) is 0. The molecular formula is C5H2F9N. The van der Waals surface area contributed by atoms with Crippen molar-refractivity contribution >= 4 is 0 Å². The van der Waals surface area contributed by atoms with E-state index in [4.69, 9.17) is 0 Å². The van der Waals surface area contributed by atoms with Crippen molar-refractivity contribution in [3.05, 3.63) is 11.7 Å². The Kier molecular flexibility index (Phi) is 4.02. The van der Waals surface area contributed by atoms with Gasteiger partial charge in [0.15, 0.2) is 0 Å². The summed E-state index contributed by atoms with van der Waals surface area (Å²) in [4.78, 5) is 0. The van der Waals surface area contributed by atoms with E-state index in [1.54, 1.807) is 0 Å². The zero-order valence-electron chi connectivity index (χ0n) is 6.48. The van der Waals surface area contributed by atoms with Crippen molar-refractivity contribution in [1.82, 2.24) is 5.32 Å². The van der Waals surface area contributed by atoms with Crippen molar-refractivity contribution in [2.75, 3.05) is 0 Å². The van der Waals surface area contributed by atoms with E-state index in [0.29, 0.717) is 0 Å². The third-order valence-electron chi connectivity index (χ3n) is 0.976. The van der Waals surface area contributed by atoms with Crippen LogP contribution in [0, 0.1) is 0 Å². The van der Waals surface area contributed by atoms with E-state index in [1.165, 1.54) is 0 Å². The van der Waals surface area contributed by atoms with Crippen LogP contribution in [0.1, 0.15) is 0 Å². The van der Waals surface area contributed by atoms with Gasteiger partial charge in [-0.3, -0.25) is 0 Å². The normalized spacial score (nSPS) is 15.6. The van der Waals surface area contributed by atoms with Crippen molar-refractivity contribution in [1.29, 1.82) is 0 Å². The van der Waals surface area contributed by atoms with Gasteiger partial charge in [0.1, 0.15) is 0 Å². The lowest BCUT2D eigenvalue weighted by Crippen LogP contribution is -2.47. The summed E-state index contributed by atoms with van der Waals surface area (Å²) in [6.07, 6.45) is -10.0. The highest BCUT2D eigenvalue weighted by Gasteiger charge is 2.48. The molecule has 1 nitrogen and oxygen atoms in total. The first-order valence-corrected chi connectivity index (χ1v) is 3.05. The molecule has 0 bridgehead atoms. The average molecular weight is 247 g/mol. The summed E-state index contributed by atoms with van der Waals surface area (Å²) >= 11 is 0. The van der Waals surface area contributed by atoms with Crippen LogP contribution in [0.4, 0.5) is 39.5 Å². The van der Waals surface area contributed by atoms with Crippen LogP contribution in [0.5, 0.6) is 0 Å². The van der Waals surface area contributed by atoms with Gasteiger partial charge in [0.2, 0.25) is 11.7 Å². The molecule has 0 fully saturated rings. The highest BCUT2D eigenvalue weighted by atomic mass is 19.4. The number of nitrogens with one attached hydrogen (secondary N) is 1.